The topological polar surface area (TPSA) is 32.3 Å². The summed E-state index contributed by atoms with van der Waals surface area (Å²) in [4.78, 5) is 14.1. The highest BCUT2D eigenvalue weighted by molar-refractivity contribution is 7.80. The number of carbonyl (C=O) groups excluding carboxylic acids is 1. The summed E-state index contributed by atoms with van der Waals surface area (Å²) in [6.45, 7) is 4.51. The molecule has 1 aromatic carbocycles. The van der Waals surface area contributed by atoms with Crippen LogP contribution in [-0.2, 0) is 4.79 Å². The van der Waals surface area contributed by atoms with Gasteiger partial charge in [0.1, 0.15) is 6.29 Å². The van der Waals surface area contributed by atoms with Crippen LogP contribution < -0.4 is 10.2 Å². The molecule has 3 nitrogen and oxygen atoms in total. The predicted octanol–water partition coefficient (Wildman–Crippen LogP) is 1.26. The number of benzene rings is 1. The first-order valence-corrected chi connectivity index (χ1v) is 5.89. The number of hydrogen-bond donors (Lipinski definition) is 2. The molecule has 1 unspecified atom stereocenters. The van der Waals surface area contributed by atoms with Crippen molar-refractivity contribution in [2.24, 2.45) is 0 Å². The third-order valence-electron chi connectivity index (χ3n) is 2.88. The van der Waals surface area contributed by atoms with Gasteiger partial charge in [-0.25, -0.2) is 0 Å². The number of aryl methyl sites for hydroxylation is 1. The lowest BCUT2D eigenvalue weighted by atomic mass is 10.1. The molecule has 0 radical (unpaired) electrons. The van der Waals surface area contributed by atoms with E-state index in [1.54, 1.807) is 0 Å². The van der Waals surface area contributed by atoms with Crippen LogP contribution in [0.2, 0.25) is 0 Å². The summed E-state index contributed by atoms with van der Waals surface area (Å²) < 4.78 is 0. The smallest absolute Gasteiger partial charge is 0.143 e. The number of piperazine rings is 1. The molecule has 1 N–H and O–H groups in total. The van der Waals surface area contributed by atoms with Crippen molar-refractivity contribution < 1.29 is 4.79 Å². The Kier molecular flexibility index (Phi) is 3.51. The van der Waals surface area contributed by atoms with Crippen molar-refractivity contribution in [3.8, 4) is 0 Å². The molecule has 1 aromatic rings. The van der Waals surface area contributed by atoms with E-state index in [2.05, 4.69) is 28.9 Å². The maximum Gasteiger partial charge on any atom is 0.143 e. The van der Waals surface area contributed by atoms with Crippen LogP contribution in [0.4, 0.5) is 5.69 Å². The number of rotatable bonds is 2. The van der Waals surface area contributed by atoms with Crippen molar-refractivity contribution in [2.45, 2.75) is 17.9 Å². The SMILES string of the molecule is Cc1ccc(N2CCNCC2C=O)c(S)c1. The van der Waals surface area contributed by atoms with Gasteiger partial charge < -0.3 is 15.0 Å². The fourth-order valence-electron chi connectivity index (χ4n) is 2.02. The first kappa shape index (κ1) is 11.5. The van der Waals surface area contributed by atoms with E-state index in [4.69, 9.17) is 0 Å². The minimum atomic E-state index is -0.0812. The summed E-state index contributed by atoms with van der Waals surface area (Å²) in [5.41, 5.74) is 2.24. The highest BCUT2D eigenvalue weighted by atomic mass is 32.1. The quantitative estimate of drug-likeness (QED) is 0.599. The van der Waals surface area contributed by atoms with E-state index in [-0.39, 0.29) is 6.04 Å². The van der Waals surface area contributed by atoms with Crippen molar-refractivity contribution in [1.29, 1.82) is 0 Å². The molecule has 0 saturated carbocycles. The number of thiol groups is 1. The van der Waals surface area contributed by atoms with Crippen LogP contribution in [0.3, 0.4) is 0 Å². The zero-order valence-electron chi connectivity index (χ0n) is 9.31. The lowest BCUT2D eigenvalue weighted by Crippen LogP contribution is -2.52. The molecular formula is C12H16N2OS. The van der Waals surface area contributed by atoms with Crippen LogP contribution in [0.25, 0.3) is 0 Å². The summed E-state index contributed by atoms with van der Waals surface area (Å²) in [7, 11) is 0. The van der Waals surface area contributed by atoms with Crippen LogP contribution in [0, 0.1) is 6.92 Å². The third kappa shape index (κ3) is 2.23. The zero-order chi connectivity index (χ0) is 11.5. The van der Waals surface area contributed by atoms with Crippen LogP contribution in [0.15, 0.2) is 23.1 Å². The van der Waals surface area contributed by atoms with Crippen molar-refractivity contribution in [3.63, 3.8) is 0 Å². The van der Waals surface area contributed by atoms with Gasteiger partial charge in [0.15, 0.2) is 0 Å². The second kappa shape index (κ2) is 4.89. The van der Waals surface area contributed by atoms with E-state index in [9.17, 15) is 4.79 Å². The molecule has 0 bridgehead atoms. The molecule has 16 heavy (non-hydrogen) atoms. The predicted molar refractivity (Wildman–Crippen MR) is 68.5 cm³/mol. The van der Waals surface area contributed by atoms with Gasteiger partial charge in [-0.2, -0.15) is 0 Å². The van der Waals surface area contributed by atoms with Crippen LogP contribution in [0.1, 0.15) is 5.56 Å². The normalized spacial score (nSPS) is 20.9. The van der Waals surface area contributed by atoms with Gasteiger partial charge in [0.05, 0.1) is 11.7 Å². The maximum absolute atomic E-state index is 11.0. The maximum atomic E-state index is 11.0. The average molecular weight is 236 g/mol. The second-order valence-electron chi connectivity index (χ2n) is 4.09. The lowest BCUT2D eigenvalue weighted by molar-refractivity contribution is -0.109. The second-order valence-corrected chi connectivity index (χ2v) is 4.57. The van der Waals surface area contributed by atoms with Crippen LogP contribution in [0.5, 0.6) is 0 Å². The molecule has 1 heterocycles. The molecule has 1 atom stereocenters. The van der Waals surface area contributed by atoms with Gasteiger partial charge in [0.2, 0.25) is 0 Å². The highest BCUT2D eigenvalue weighted by Crippen LogP contribution is 2.26. The number of nitrogens with zero attached hydrogens (tertiary/aromatic N) is 1. The van der Waals surface area contributed by atoms with Gasteiger partial charge in [-0.05, 0) is 24.6 Å². The van der Waals surface area contributed by atoms with E-state index in [0.29, 0.717) is 6.54 Å². The fraction of sp³-hybridized carbons (Fsp3) is 0.417. The minimum Gasteiger partial charge on any atom is -0.358 e. The van der Waals surface area contributed by atoms with E-state index < -0.39 is 0 Å². The van der Waals surface area contributed by atoms with Crippen molar-refractivity contribution >= 4 is 24.6 Å². The molecule has 86 valence electrons. The first-order valence-electron chi connectivity index (χ1n) is 5.44. The van der Waals surface area contributed by atoms with Crippen molar-refractivity contribution in [3.05, 3.63) is 23.8 Å². The van der Waals surface area contributed by atoms with Gasteiger partial charge in [0, 0.05) is 24.5 Å². The standard InChI is InChI=1S/C12H16N2OS/c1-9-2-3-11(12(16)6-9)14-5-4-13-7-10(14)8-15/h2-3,6,8,10,13,16H,4-5,7H2,1H3. The number of aldehydes is 1. The number of carbonyl (C=O) groups is 1. The highest BCUT2D eigenvalue weighted by Gasteiger charge is 2.22. The van der Waals surface area contributed by atoms with E-state index in [0.717, 1.165) is 30.0 Å². The van der Waals surface area contributed by atoms with E-state index in [1.807, 2.05) is 19.1 Å². The number of anilines is 1. The molecule has 1 aliphatic rings. The summed E-state index contributed by atoms with van der Waals surface area (Å²) in [5, 5.41) is 3.22. The number of hydrogen-bond acceptors (Lipinski definition) is 4. The Morgan fingerprint density at radius 2 is 2.38 bits per heavy atom. The van der Waals surface area contributed by atoms with Crippen LogP contribution >= 0.6 is 12.6 Å². The molecule has 1 fully saturated rings. The lowest BCUT2D eigenvalue weighted by Gasteiger charge is -2.35. The summed E-state index contributed by atoms with van der Waals surface area (Å²) in [6.07, 6.45) is 0.999. The molecule has 1 saturated heterocycles. The van der Waals surface area contributed by atoms with Gasteiger partial charge in [-0.1, -0.05) is 6.07 Å². The number of nitrogens with one attached hydrogen (secondary N) is 1. The zero-order valence-corrected chi connectivity index (χ0v) is 10.2. The molecule has 1 aliphatic heterocycles. The Morgan fingerprint density at radius 1 is 1.56 bits per heavy atom. The Labute approximate surface area is 101 Å². The summed E-state index contributed by atoms with van der Waals surface area (Å²) in [5.74, 6) is 0. The minimum absolute atomic E-state index is 0.0812. The molecule has 0 aromatic heterocycles. The summed E-state index contributed by atoms with van der Waals surface area (Å²) >= 11 is 4.48. The van der Waals surface area contributed by atoms with Gasteiger partial charge in [-0.3, -0.25) is 0 Å². The fourth-order valence-corrected chi connectivity index (χ4v) is 2.43. The molecule has 0 spiro atoms. The van der Waals surface area contributed by atoms with E-state index in [1.165, 1.54) is 5.56 Å². The van der Waals surface area contributed by atoms with Gasteiger partial charge in [0.25, 0.3) is 0 Å². The van der Waals surface area contributed by atoms with Crippen molar-refractivity contribution in [2.75, 3.05) is 24.5 Å². The average Bonchev–Trinajstić information content (AvgIpc) is 2.29. The third-order valence-corrected chi connectivity index (χ3v) is 3.24. The Bertz CT molecular complexity index is 395. The summed E-state index contributed by atoms with van der Waals surface area (Å²) in [6, 6.07) is 6.04. The Balaban J connectivity index is 2.30. The molecule has 2 rings (SSSR count). The Morgan fingerprint density at radius 3 is 3.06 bits per heavy atom. The molecule has 0 aliphatic carbocycles. The monoisotopic (exact) mass is 236 g/mol. The van der Waals surface area contributed by atoms with Crippen molar-refractivity contribution in [1.82, 2.24) is 5.32 Å². The largest absolute Gasteiger partial charge is 0.358 e. The Hall–Kier alpha value is -1.00. The van der Waals surface area contributed by atoms with E-state index >= 15 is 0 Å². The molecule has 0 amide bonds. The molecule has 4 heteroatoms. The molecular weight excluding hydrogens is 220 g/mol. The van der Waals surface area contributed by atoms with Crippen LogP contribution in [-0.4, -0.2) is 32.0 Å². The van der Waals surface area contributed by atoms with Gasteiger partial charge >= 0.3 is 0 Å². The van der Waals surface area contributed by atoms with Gasteiger partial charge in [-0.15, -0.1) is 12.6 Å². The first-order chi connectivity index (χ1) is 7.72.